The average molecular weight is 378 g/mol. The van der Waals surface area contributed by atoms with Crippen LogP contribution in [0.2, 0.25) is 0 Å². The maximum Gasteiger partial charge on any atom is 0.335 e. The molecule has 140 valence electrons. The van der Waals surface area contributed by atoms with E-state index in [-0.39, 0.29) is 17.0 Å². The summed E-state index contributed by atoms with van der Waals surface area (Å²) in [4.78, 5) is 55.3. The van der Waals surface area contributed by atoms with E-state index in [2.05, 4.69) is 5.16 Å². The molecule has 2 aromatic carbocycles. The van der Waals surface area contributed by atoms with E-state index in [4.69, 9.17) is 9.94 Å². The van der Waals surface area contributed by atoms with Crippen LogP contribution in [0.1, 0.15) is 26.3 Å². The Morgan fingerprint density at radius 1 is 0.964 bits per heavy atom. The quantitative estimate of drug-likeness (QED) is 0.641. The number of aromatic carboxylic acids is 1. The van der Waals surface area contributed by atoms with Gasteiger partial charge in [-0.3, -0.25) is 14.4 Å². The SMILES string of the molecule is Cc1ccc(C(=O)C2=NO[C@@H]3C(=O)N(c4ccc(C(=O)O)cc4)C(=O)[C@@H]23)cc1. The van der Waals surface area contributed by atoms with Crippen molar-refractivity contribution in [3.63, 3.8) is 0 Å². The third-order valence-electron chi connectivity index (χ3n) is 4.73. The lowest BCUT2D eigenvalue weighted by Gasteiger charge is -2.15. The van der Waals surface area contributed by atoms with Crippen LogP contribution in [0.3, 0.4) is 0 Å². The molecule has 0 saturated carbocycles. The Hall–Kier alpha value is -3.81. The Bertz CT molecular complexity index is 1040. The van der Waals surface area contributed by atoms with Crippen LogP contribution in [-0.4, -0.2) is 40.5 Å². The topological polar surface area (TPSA) is 113 Å². The standard InChI is InChI=1S/C20H14N2O6/c1-10-2-4-11(5-3-10)16(23)15-14-17(28-21-15)19(25)22(18(14)24)13-8-6-12(7-9-13)20(26)27/h2-9,14,17H,1H3,(H,26,27)/t14-,17-/m0/s1. The molecule has 2 aromatic rings. The van der Waals surface area contributed by atoms with Gasteiger partial charge in [0.15, 0.2) is 0 Å². The molecule has 2 atom stereocenters. The number of fused-ring (bicyclic) bond motifs is 1. The molecule has 0 aliphatic carbocycles. The molecule has 0 aromatic heterocycles. The molecule has 2 amide bonds. The van der Waals surface area contributed by atoms with Gasteiger partial charge in [-0.2, -0.15) is 0 Å². The normalized spacial score (nSPS) is 20.6. The van der Waals surface area contributed by atoms with Crippen LogP contribution in [0.4, 0.5) is 5.69 Å². The average Bonchev–Trinajstić information content (AvgIpc) is 3.22. The van der Waals surface area contributed by atoms with Crippen LogP contribution < -0.4 is 4.90 Å². The predicted octanol–water partition coefficient (Wildman–Crippen LogP) is 1.82. The first-order valence-electron chi connectivity index (χ1n) is 8.44. The fourth-order valence-electron chi connectivity index (χ4n) is 3.23. The van der Waals surface area contributed by atoms with E-state index in [0.717, 1.165) is 10.5 Å². The predicted molar refractivity (Wildman–Crippen MR) is 97.2 cm³/mol. The fourth-order valence-corrected chi connectivity index (χ4v) is 3.23. The molecule has 4 rings (SSSR count). The molecule has 0 radical (unpaired) electrons. The zero-order chi connectivity index (χ0) is 20.0. The van der Waals surface area contributed by atoms with Crippen LogP contribution in [-0.2, 0) is 14.4 Å². The number of anilines is 1. The number of carboxylic acid groups (broad SMARTS) is 1. The first-order valence-corrected chi connectivity index (χ1v) is 8.44. The summed E-state index contributed by atoms with van der Waals surface area (Å²) in [5.41, 5.74) is 1.44. The Balaban J connectivity index is 1.63. The summed E-state index contributed by atoms with van der Waals surface area (Å²) in [5.74, 6) is -4.00. The van der Waals surface area contributed by atoms with Crippen molar-refractivity contribution in [2.45, 2.75) is 13.0 Å². The van der Waals surface area contributed by atoms with Gasteiger partial charge in [0.2, 0.25) is 17.8 Å². The lowest BCUT2D eigenvalue weighted by Crippen LogP contribution is -2.34. The Morgan fingerprint density at radius 3 is 2.18 bits per heavy atom. The largest absolute Gasteiger partial charge is 0.478 e. The third kappa shape index (κ3) is 2.66. The van der Waals surface area contributed by atoms with Crippen molar-refractivity contribution in [3.8, 4) is 0 Å². The summed E-state index contributed by atoms with van der Waals surface area (Å²) >= 11 is 0. The summed E-state index contributed by atoms with van der Waals surface area (Å²) in [6.07, 6.45) is -1.20. The number of hydrogen-bond acceptors (Lipinski definition) is 6. The van der Waals surface area contributed by atoms with Gasteiger partial charge in [0, 0.05) is 5.56 Å². The molecule has 0 spiro atoms. The molecule has 0 bridgehead atoms. The number of oxime groups is 1. The van der Waals surface area contributed by atoms with Crippen LogP contribution >= 0.6 is 0 Å². The van der Waals surface area contributed by atoms with Gasteiger partial charge in [-0.05, 0) is 31.2 Å². The highest BCUT2D eigenvalue weighted by Crippen LogP contribution is 2.34. The van der Waals surface area contributed by atoms with Crippen molar-refractivity contribution in [2.24, 2.45) is 11.1 Å². The minimum atomic E-state index is -1.20. The Kier molecular flexibility index (Phi) is 4.03. The molecular weight excluding hydrogens is 364 g/mol. The number of carbonyl (C=O) groups excluding carboxylic acids is 3. The summed E-state index contributed by atoms with van der Waals surface area (Å²) in [7, 11) is 0. The van der Waals surface area contributed by atoms with Gasteiger partial charge < -0.3 is 9.94 Å². The van der Waals surface area contributed by atoms with E-state index in [1.807, 2.05) is 6.92 Å². The molecule has 8 nitrogen and oxygen atoms in total. The molecule has 28 heavy (non-hydrogen) atoms. The summed E-state index contributed by atoms with van der Waals surface area (Å²) < 4.78 is 0. The summed E-state index contributed by atoms with van der Waals surface area (Å²) in [6.45, 7) is 1.88. The molecule has 2 aliphatic rings. The first-order chi connectivity index (χ1) is 13.4. The molecule has 1 fully saturated rings. The lowest BCUT2D eigenvalue weighted by atomic mass is 9.93. The number of benzene rings is 2. The van der Waals surface area contributed by atoms with Gasteiger partial charge in [0.05, 0.1) is 11.3 Å². The number of carboxylic acids is 1. The Labute approximate surface area is 159 Å². The monoisotopic (exact) mass is 378 g/mol. The minimum Gasteiger partial charge on any atom is -0.478 e. The van der Waals surface area contributed by atoms with Gasteiger partial charge in [-0.1, -0.05) is 35.0 Å². The van der Waals surface area contributed by atoms with Crippen molar-refractivity contribution >= 4 is 35.0 Å². The van der Waals surface area contributed by atoms with E-state index < -0.39 is 35.6 Å². The number of imide groups is 1. The zero-order valence-electron chi connectivity index (χ0n) is 14.7. The number of rotatable bonds is 4. The number of aryl methyl sites for hydroxylation is 1. The zero-order valence-corrected chi connectivity index (χ0v) is 14.7. The second-order valence-corrected chi connectivity index (χ2v) is 6.54. The van der Waals surface area contributed by atoms with Crippen molar-refractivity contribution in [3.05, 3.63) is 65.2 Å². The van der Waals surface area contributed by atoms with Crippen molar-refractivity contribution in [1.82, 2.24) is 0 Å². The molecule has 1 saturated heterocycles. The smallest absolute Gasteiger partial charge is 0.335 e. The highest BCUT2D eigenvalue weighted by atomic mass is 16.7. The van der Waals surface area contributed by atoms with Crippen molar-refractivity contribution in [1.29, 1.82) is 0 Å². The second kappa shape index (κ2) is 6.41. The highest BCUT2D eigenvalue weighted by molar-refractivity contribution is 6.52. The first kappa shape index (κ1) is 17.6. The molecular formula is C20H14N2O6. The van der Waals surface area contributed by atoms with E-state index in [1.54, 1.807) is 24.3 Å². The number of nitrogens with zero attached hydrogens (tertiary/aromatic N) is 2. The molecule has 0 unspecified atom stereocenters. The van der Waals surface area contributed by atoms with Gasteiger partial charge in [0.25, 0.3) is 5.91 Å². The van der Waals surface area contributed by atoms with E-state index in [1.165, 1.54) is 24.3 Å². The van der Waals surface area contributed by atoms with Crippen LogP contribution in [0.25, 0.3) is 0 Å². The van der Waals surface area contributed by atoms with Gasteiger partial charge in [0.1, 0.15) is 11.6 Å². The van der Waals surface area contributed by atoms with Crippen LogP contribution in [0.5, 0.6) is 0 Å². The molecule has 2 aliphatic heterocycles. The second-order valence-electron chi connectivity index (χ2n) is 6.54. The number of Topliss-reactive ketones (excluding diaryl/α,β-unsaturated/α-hetero) is 1. The molecule has 2 heterocycles. The van der Waals surface area contributed by atoms with Crippen LogP contribution in [0.15, 0.2) is 53.7 Å². The number of ketones is 1. The number of carbonyl (C=O) groups is 4. The number of hydrogen-bond donors (Lipinski definition) is 1. The maximum atomic E-state index is 12.9. The van der Waals surface area contributed by atoms with Gasteiger partial charge >= 0.3 is 5.97 Å². The number of amides is 2. The third-order valence-corrected chi connectivity index (χ3v) is 4.73. The summed E-state index contributed by atoms with van der Waals surface area (Å²) in [5, 5.41) is 12.7. The van der Waals surface area contributed by atoms with Crippen molar-refractivity contribution < 1.29 is 29.1 Å². The van der Waals surface area contributed by atoms with Crippen LogP contribution in [0, 0.1) is 12.8 Å². The van der Waals surface area contributed by atoms with E-state index in [9.17, 15) is 19.2 Å². The molecule has 1 N–H and O–H groups in total. The van der Waals surface area contributed by atoms with Crippen molar-refractivity contribution in [2.75, 3.05) is 4.90 Å². The van der Waals surface area contributed by atoms with E-state index in [0.29, 0.717) is 5.56 Å². The highest BCUT2D eigenvalue weighted by Gasteiger charge is 2.57. The van der Waals surface area contributed by atoms with Gasteiger partial charge in [-0.15, -0.1) is 0 Å². The Morgan fingerprint density at radius 2 is 1.57 bits per heavy atom. The van der Waals surface area contributed by atoms with E-state index >= 15 is 0 Å². The fraction of sp³-hybridized carbons (Fsp3) is 0.150. The molecule has 8 heteroatoms. The maximum absolute atomic E-state index is 12.9. The van der Waals surface area contributed by atoms with Gasteiger partial charge in [-0.25, -0.2) is 9.69 Å². The lowest BCUT2D eigenvalue weighted by molar-refractivity contribution is -0.126. The minimum absolute atomic E-state index is 0.0242. The summed E-state index contributed by atoms with van der Waals surface area (Å²) in [6, 6.07) is 12.1.